The highest BCUT2D eigenvalue weighted by Gasteiger charge is 2.43. The number of hydrogen-bond donors (Lipinski definition) is 3. The molecule has 1 saturated carbocycles. The monoisotopic (exact) mass is 521 g/mol. The first-order chi connectivity index (χ1) is 17.9. The summed E-state index contributed by atoms with van der Waals surface area (Å²) in [5.41, 5.74) is -0.850. The van der Waals surface area contributed by atoms with Gasteiger partial charge in [-0.2, -0.15) is 0 Å². The number of halogens is 1. The maximum absolute atomic E-state index is 14.4. The van der Waals surface area contributed by atoms with E-state index in [1.54, 1.807) is 13.2 Å². The third-order valence-electron chi connectivity index (χ3n) is 8.29. The van der Waals surface area contributed by atoms with E-state index in [9.17, 15) is 14.3 Å². The number of carbonyl (C=O) groups is 1. The Labute approximate surface area is 222 Å². The maximum atomic E-state index is 14.4. The molecule has 1 aliphatic heterocycles. The zero-order valence-electron chi connectivity index (χ0n) is 23.1. The summed E-state index contributed by atoms with van der Waals surface area (Å²) in [4.78, 5) is 15.3. The van der Waals surface area contributed by atoms with Crippen LogP contribution in [0.15, 0.2) is 18.2 Å². The number of nitrogens with one attached hydrogen (secondary N) is 2. The Hall–Kier alpha value is -1.90. The first kappa shape index (κ1) is 29.7. The van der Waals surface area contributed by atoms with Crippen LogP contribution >= 0.6 is 0 Å². The van der Waals surface area contributed by atoms with Crippen LogP contribution in [0, 0.1) is 17.7 Å². The number of aliphatic hydroxyl groups is 1. The Balaban J connectivity index is 1.74. The van der Waals surface area contributed by atoms with Gasteiger partial charge in [-0.1, -0.05) is 32.1 Å². The van der Waals surface area contributed by atoms with Crippen molar-refractivity contribution in [2.75, 3.05) is 47.5 Å². The number of piperidine rings is 1. The van der Waals surface area contributed by atoms with Crippen LogP contribution in [0.4, 0.5) is 9.18 Å². The van der Waals surface area contributed by atoms with Crippen molar-refractivity contribution in [3.05, 3.63) is 29.6 Å². The van der Waals surface area contributed by atoms with E-state index in [2.05, 4.69) is 10.6 Å². The molecule has 0 unspecified atom stereocenters. The van der Waals surface area contributed by atoms with Gasteiger partial charge in [-0.3, -0.25) is 0 Å². The zero-order chi connectivity index (χ0) is 26.7. The number of nitrogens with zero attached hydrogens (tertiary/aromatic N) is 1. The average Bonchev–Trinajstić information content (AvgIpc) is 2.91. The number of methoxy groups -OCH3 is 2. The standard InChI is InChI=1S/C29H48FN3O4/c1-31-20-25(18-22-10-5-4-6-11-22)32-28(34)33-16-9-12-23(21-33)29(35,15-7-8-17-36-2)26-19-24(30)13-14-27(26)37-3/h13-14,19,22-23,25,31,35H,4-12,15-18,20-21H2,1-3H3,(H,32,34)/t23-,25+,29+/m1/s1. The first-order valence-corrected chi connectivity index (χ1v) is 14.2. The van der Waals surface area contributed by atoms with E-state index in [-0.39, 0.29) is 18.0 Å². The van der Waals surface area contributed by atoms with Crippen LogP contribution < -0.4 is 15.4 Å². The average molecular weight is 522 g/mol. The van der Waals surface area contributed by atoms with Gasteiger partial charge in [0.15, 0.2) is 0 Å². The van der Waals surface area contributed by atoms with Gasteiger partial charge in [0.25, 0.3) is 0 Å². The summed E-state index contributed by atoms with van der Waals surface area (Å²) in [6, 6.07) is 4.32. The second kappa shape index (κ2) is 14.9. The van der Waals surface area contributed by atoms with E-state index in [4.69, 9.17) is 9.47 Å². The fourth-order valence-corrected chi connectivity index (χ4v) is 6.30. The molecule has 1 heterocycles. The molecular formula is C29H48FN3O4. The molecule has 3 N–H and O–H groups in total. The third kappa shape index (κ3) is 8.29. The number of likely N-dealkylation sites (N-methyl/N-ethyl adjacent to an activating group) is 1. The second-order valence-electron chi connectivity index (χ2n) is 10.9. The summed E-state index contributed by atoms with van der Waals surface area (Å²) < 4.78 is 25.1. The van der Waals surface area contributed by atoms with Crippen LogP contribution in [-0.2, 0) is 10.3 Å². The summed E-state index contributed by atoms with van der Waals surface area (Å²) in [6.45, 7) is 2.41. The maximum Gasteiger partial charge on any atom is 0.317 e. The second-order valence-corrected chi connectivity index (χ2v) is 10.9. The smallest absolute Gasteiger partial charge is 0.317 e. The molecular weight excluding hydrogens is 473 g/mol. The molecule has 1 saturated heterocycles. The third-order valence-corrected chi connectivity index (χ3v) is 8.29. The van der Waals surface area contributed by atoms with Crippen LogP contribution in [0.1, 0.15) is 76.2 Å². The van der Waals surface area contributed by atoms with Crippen LogP contribution in [-0.4, -0.2) is 69.6 Å². The fourth-order valence-electron chi connectivity index (χ4n) is 6.30. The summed E-state index contributed by atoms with van der Waals surface area (Å²) in [6.07, 6.45) is 10.9. The van der Waals surface area contributed by atoms with Crippen molar-refractivity contribution in [3.8, 4) is 5.75 Å². The molecule has 8 heteroatoms. The van der Waals surface area contributed by atoms with Crippen molar-refractivity contribution < 1.29 is 23.8 Å². The van der Waals surface area contributed by atoms with E-state index in [1.807, 2.05) is 11.9 Å². The van der Waals surface area contributed by atoms with Gasteiger partial charge < -0.3 is 30.1 Å². The summed E-state index contributed by atoms with van der Waals surface area (Å²) in [5.74, 6) is 0.499. The number of hydrogen-bond acceptors (Lipinski definition) is 5. The SMILES string of the molecule is CNC[C@H](CC1CCCCC1)NC(=O)N1CCC[C@@H]([C@@](O)(CCCCOC)c2cc(F)ccc2OC)C1. The highest BCUT2D eigenvalue weighted by molar-refractivity contribution is 5.74. The van der Waals surface area contributed by atoms with Gasteiger partial charge in [0.1, 0.15) is 11.6 Å². The fraction of sp³-hybridized carbons (Fsp3) is 0.759. The largest absolute Gasteiger partial charge is 0.496 e. The summed E-state index contributed by atoms with van der Waals surface area (Å²) in [5, 5.41) is 18.7. The summed E-state index contributed by atoms with van der Waals surface area (Å²) >= 11 is 0. The molecule has 1 aromatic rings. The van der Waals surface area contributed by atoms with Gasteiger partial charge in [-0.15, -0.1) is 0 Å². The quantitative estimate of drug-likeness (QED) is 0.324. The minimum Gasteiger partial charge on any atom is -0.496 e. The normalized spacial score (nSPS) is 21.3. The first-order valence-electron chi connectivity index (χ1n) is 14.2. The van der Waals surface area contributed by atoms with Crippen molar-refractivity contribution in [1.29, 1.82) is 0 Å². The van der Waals surface area contributed by atoms with Crippen molar-refractivity contribution >= 4 is 6.03 Å². The lowest BCUT2D eigenvalue weighted by Crippen LogP contribution is -2.54. The Bertz CT molecular complexity index is 835. The van der Waals surface area contributed by atoms with Gasteiger partial charge in [-0.25, -0.2) is 9.18 Å². The van der Waals surface area contributed by atoms with Crippen molar-refractivity contribution in [2.45, 2.75) is 82.3 Å². The van der Waals surface area contributed by atoms with Crippen molar-refractivity contribution in [2.24, 2.45) is 11.8 Å². The highest BCUT2D eigenvalue weighted by Crippen LogP contribution is 2.43. The molecule has 7 nitrogen and oxygen atoms in total. The molecule has 0 spiro atoms. The molecule has 0 aromatic heterocycles. The van der Waals surface area contributed by atoms with Gasteiger partial charge >= 0.3 is 6.03 Å². The Morgan fingerprint density at radius 2 is 1.97 bits per heavy atom. The minimum atomic E-state index is -1.31. The Morgan fingerprint density at radius 1 is 1.19 bits per heavy atom. The van der Waals surface area contributed by atoms with Crippen LogP contribution in [0.3, 0.4) is 0 Å². The highest BCUT2D eigenvalue weighted by atomic mass is 19.1. The number of benzene rings is 1. The van der Waals surface area contributed by atoms with Gasteiger partial charge in [0.05, 0.1) is 12.7 Å². The number of rotatable bonds is 13. The molecule has 3 atom stereocenters. The van der Waals surface area contributed by atoms with Crippen molar-refractivity contribution in [1.82, 2.24) is 15.5 Å². The van der Waals surface area contributed by atoms with E-state index >= 15 is 0 Å². The summed E-state index contributed by atoms with van der Waals surface area (Å²) in [7, 11) is 5.12. The molecule has 0 radical (unpaired) electrons. The topological polar surface area (TPSA) is 83.1 Å². The molecule has 3 rings (SSSR count). The Morgan fingerprint density at radius 3 is 2.68 bits per heavy atom. The minimum absolute atomic E-state index is 0.0753. The molecule has 2 fully saturated rings. The van der Waals surface area contributed by atoms with Crippen molar-refractivity contribution in [3.63, 3.8) is 0 Å². The molecule has 1 aliphatic carbocycles. The van der Waals surface area contributed by atoms with Crippen LogP contribution in [0.25, 0.3) is 0 Å². The lowest BCUT2D eigenvalue weighted by Gasteiger charge is -2.43. The lowest BCUT2D eigenvalue weighted by atomic mass is 9.73. The Kier molecular flexibility index (Phi) is 11.9. The predicted octanol–water partition coefficient (Wildman–Crippen LogP) is 4.82. The zero-order valence-corrected chi connectivity index (χ0v) is 23.1. The van der Waals surface area contributed by atoms with Gasteiger partial charge in [0.2, 0.25) is 0 Å². The van der Waals surface area contributed by atoms with E-state index < -0.39 is 11.4 Å². The molecule has 2 amide bonds. The van der Waals surface area contributed by atoms with E-state index in [0.29, 0.717) is 43.3 Å². The number of likely N-dealkylation sites (tertiary alicyclic amines) is 1. The number of ether oxygens (including phenoxy) is 2. The number of unbranched alkanes of at least 4 members (excludes halogenated alkanes) is 1. The number of carbonyl (C=O) groups excluding carboxylic acids is 1. The number of urea groups is 1. The van der Waals surface area contributed by atoms with E-state index in [0.717, 1.165) is 38.6 Å². The molecule has 0 bridgehead atoms. The lowest BCUT2D eigenvalue weighted by molar-refractivity contribution is -0.0579. The number of amides is 2. The molecule has 1 aromatic carbocycles. The van der Waals surface area contributed by atoms with Crippen LogP contribution in [0.5, 0.6) is 5.75 Å². The van der Waals surface area contributed by atoms with E-state index in [1.165, 1.54) is 51.3 Å². The van der Waals surface area contributed by atoms with Gasteiger partial charge in [0, 0.05) is 50.9 Å². The molecule has 2 aliphatic rings. The van der Waals surface area contributed by atoms with Crippen LogP contribution in [0.2, 0.25) is 0 Å². The van der Waals surface area contributed by atoms with Gasteiger partial charge in [-0.05, 0) is 69.7 Å². The molecule has 37 heavy (non-hydrogen) atoms. The predicted molar refractivity (Wildman–Crippen MR) is 144 cm³/mol. The molecule has 210 valence electrons.